The second-order valence-corrected chi connectivity index (χ2v) is 106. The lowest BCUT2D eigenvalue weighted by molar-refractivity contribution is -0.139. The van der Waals surface area contributed by atoms with Crippen LogP contribution in [0.3, 0.4) is 0 Å². The van der Waals surface area contributed by atoms with Crippen LogP contribution in [0.2, 0.25) is 5.02 Å². The van der Waals surface area contributed by atoms with Gasteiger partial charge in [0.15, 0.2) is 12.4 Å². The van der Waals surface area contributed by atoms with Crippen LogP contribution < -0.4 is 14.4 Å². The molecule has 8 aromatic carbocycles. The van der Waals surface area contributed by atoms with E-state index in [0.717, 1.165) is 11.3 Å². The van der Waals surface area contributed by atoms with E-state index in [1.807, 2.05) is 32.0 Å². The van der Waals surface area contributed by atoms with Crippen molar-refractivity contribution in [3.63, 3.8) is 0 Å². The summed E-state index contributed by atoms with van der Waals surface area (Å²) in [4.78, 5) is 24.1. The molecule has 0 unspecified atom stereocenters. The number of aliphatic hydroxyl groups excluding tert-OH is 1. The number of carbonyl (C=O) groups excluding carboxylic acids is 1. The summed E-state index contributed by atoms with van der Waals surface area (Å²) in [5, 5.41) is 35.5. The minimum absolute atomic E-state index is 0.0517. The fourth-order valence-corrected chi connectivity index (χ4v) is 27.0. The SMILES string of the molecule is CC(=O)c1ccc(S(=O)(=O)C(Br)(Br)Br)cc1.CN(C)c1ccc(S(=O)(=O)C(Br)(Br)Br)cc1.Cc1ccc(S(=O)(=O)C(Br)(Br)Br)cc1.N#Cc1cccc(S(=O)(=O)C(Br)(Br)Br)c1.O=C(O)COc1ccc(S(=O)(=O)C(Br)(Br)Br)cc1.O=S(=O)(c1ccc(Cl)cc1)C(Br)(Br)Br.O=S(=O)(c1ccc(OCCO)cc1)C(Br)(Br)Br.O=S(=O)(c1ccccc1O)C(Br)(Br)Br. The van der Waals surface area contributed by atoms with Gasteiger partial charge in [0.05, 0.1) is 52.5 Å². The number of sulfone groups is 8. The molecule has 8 aromatic rings. The molecule has 8 rings (SSSR count). The molecule has 124 heavy (non-hydrogen) atoms. The molecule has 0 fully saturated rings. The molecule has 0 aromatic heterocycles. The minimum Gasteiger partial charge on any atom is -0.507 e. The first-order valence-electron chi connectivity index (χ1n) is 31.1. The Kier molecular flexibility index (Phi) is 52.7. The molecule has 0 radical (unpaired) electrons. The zero-order valence-electron chi connectivity index (χ0n) is 61.2. The highest BCUT2D eigenvalue weighted by atomic mass is 80.0. The molecule has 0 aliphatic heterocycles. The molecule has 0 aliphatic rings. The molecule has 0 saturated carbocycles. The van der Waals surface area contributed by atoms with Gasteiger partial charge in [0.25, 0.3) is 0 Å². The monoisotopic (exact) mass is 3430 g/mol. The number of nitriles is 1. The van der Waals surface area contributed by atoms with Crippen LogP contribution in [0, 0.1) is 18.3 Å². The molecule has 0 heterocycles. The number of anilines is 1. The lowest BCUT2D eigenvalue weighted by atomic mass is 10.2. The van der Waals surface area contributed by atoms with Crippen LogP contribution in [0.4, 0.5) is 5.69 Å². The lowest BCUT2D eigenvalue weighted by Gasteiger charge is -2.16. The number of benzene rings is 8. The third-order valence-electron chi connectivity index (χ3n) is 13.5. The van der Waals surface area contributed by atoms with Crippen LogP contribution >= 0.6 is 394 Å². The number of aliphatic hydroxyl groups is 1. The highest BCUT2D eigenvalue weighted by molar-refractivity contribution is 9.45. The van der Waals surface area contributed by atoms with Gasteiger partial charge in [-0.3, -0.25) is 4.79 Å². The molecule has 0 saturated heterocycles. The standard InChI is InChI=1S/C9H10Br3NO2S.C9H7Br3O5S.C9H9Br3O4S.C9H7Br3O3S.C8H4Br3NO2S.C8H7Br3O2S.C7H4Br3ClO2S.C7H5Br3O3S/c1-13(2)7-3-5-8(6-4-7)16(14,15)9(10,11)12;10-9(11,12)18(15,16)7-3-1-6(2-4-7)17-5-8(13)14;10-9(11,12)17(14,15)8-3-1-7(2-4-8)16-6-5-13;1-6(13)7-2-4-8(5-3-7)16(14,15)9(10,11)12;9-8(10,11)15(13,14)7-3-1-2-6(4-7)5-12;1-6-2-4-7(5-3-6)14(12,13)8(9,10)11;8-7(9,10)14(12,13)6-3-1-5(11)2-4-6;8-7(9,10)14(12,13)6-4-2-1-3-5(6)11/h3-6H,1-2H3;1-4H,5H2,(H,13,14);1-4,13H,5-6H2;2-5H,1H3;1-4H;2-5H,1H3;1-4H;1-4,11H. The maximum absolute atomic E-state index is 12.0. The predicted octanol–water partition coefficient (Wildman–Crippen LogP) is 25.7. The van der Waals surface area contributed by atoms with Crippen molar-refractivity contribution in [2.75, 3.05) is 38.8 Å². The maximum atomic E-state index is 12.0. The summed E-state index contributed by atoms with van der Waals surface area (Å²) >= 11 is 76.8. The summed E-state index contributed by atoms with van der Waals surface area (Å²) in [6.07, 6.45) is 0. The molecule has 0 atom stereocenters. The Morgan fingerprint density at radius 1 is 0.387 bits per heavy atom. The summed E-state index contributed by atoms with van der Waals surface area (Å²) < 4.78 is 189. The molecule has 0 aliphatic carbocycles. The Morgan fingerprint density at radius 2 is 0.669 bits per heavy atom. The Labute approximate surface area is 924 Å². The van der Waals surface area contributed by atoms with Crippen molar-refractivity contribution in [2.45, 2.75) is 64.8 Å². The van der Waals surface area contributed by atoms with Crippen LogP contribution in [0.25, 0.3) is 0 Å². The minimum atomic E-state index is -3.71. The number of carboxylic acids is 1. The van der Waals surface area contributed by atoms with E-state index in [2.05, 4.69) is 382 Å². The van der Waals surface area contributed by atoms with Crippen LogP contribution in [-0.2, 0) is 83.5 Å². The average molecular weight is 3450 g/mol. The summed E-state index contributed by atoms with van der Waals surface area (Å²) in [7, 11) is -24.8. The van der Waals surface area contributed by atoms with Gasteiger partial charge in [0.2, 0.25) is 90.5 Å². The van der Waals surface area contributed by atoms with Crippen LogP contribution in [0.1, 0.15) is 28.4 Å². The number of phenolic OH excluding ortho intramolecular Hbond substituents is 1. The first-order chi connectivity index (χ1) is 55.8. The van der Waals surface area contributed by atoms with Crippen molar-refractivity contribution in [1.82, 2.24) is 0 Å². The van der Waals surface area contributed by atoms with E-state index in [4.69, 9.17) is 36.5 Å². The number of rotatable bonds is 16. The number of ketones is 1. The highest BCUT2D eigenvalue weighted by Gasteiger charge is 2.44. The van der Waals surface area contributed by atoms with Crippen molar-refractivity contribution in [3.8, 4) is 23.3 Å². The van der Waals surface area contributed by atoms with Gasteiger partial charge in [-0.25, -0.2) is 72.1 Å². The zero-order valence-corrected chi connectivity index (χ0v) is 107. The van der Waals surface area contributed by atoms with Crippen LogP contribution in [0.15, 0.2) is 233 Å². The van der Waals surface area contributed by atoms with Gasteiger partial charge in [-0.05, 0) is 548 Å². The van der Waals surface area contributed by atoms with Gasteiger partial charge in [-0.15, -0.1) is 0 Å². The maximum Gasteiger partial charge on any atom is 0.341 e. The molecule has 0 amide bonds. The van der Waals surface area contributed by atoms with Crippen molar-refractivity contribution < 1.29 is 102 Å². The van der Waals surface area contributed by atoms with E-state index >= 15 is 0 Å². The summed E-state index contributed by atoms with van der Waals surface area (Å²) in [6.45, 7) is 2.93. The largest absolute Gasteiger partial charge is 0.507 e. The first kappa shape index (κ1) is 125. The van der Waals surface area contributed by atoms with Crippen molar-refractivity contribution in [2.24, 2.45) is 0 Å². The average Bonchev–Trinajstić information content (AvgIpc) is 0.852. The number of aromatic hydroxyl groups is 1. The van der Waals surface area contributed by atoms with E-state index in [-0.39, 0.29) is 69.7 Å². The predicted molar refractivity (Wildman–Crippen MR) is 571 cm³/mol. The fraction of sp³-hybridized carbons (Fsp3) is 0.227. The number of Topliss-reactive ketones (excluding diaryl/α,β-unsaturated/α-hetero) is 1. The quantitative estimate of drug-likeness (QED) is 0.0597. The van der Waals surface area contributed by atoms with E-state index in [9.17, 15) is 82.0 Å². The smallest absolute Gasteiger partial charge is 0.341 e. The van der Waals surface area contributed by atoms with Gasteiger partial charge < -0.3 is 29.7 Å². The number of alkyl halides is 24. The summed E-state index contributed by atoms with van der Waals surface area (Å²) in [5.41, 5.74) is 2.74. The number of phenols is 1. The Balaban J connectivity index is 0.000000710. The number of hydrogen-bond donors (Lipinski definition) is 3. The molecule has 0 bridgehead atoms. The second-order valence-electron chi connectivity index (χ2n) is 22.6. The molecular formula is C66H53Br24ClN2O23S8. The van der Waals surface area contributed by atoms with Gasteiger partial charge in [-0.1, -0.05) is 59.6 Å². The van der Waals surface area contributed by atoms with Crippen LogP contribution in [0.5, 0.6) is 17.2 Å². The second kappa shape index (κ2) is 52.3. The third kappa shape index (κ3) is 38.6. The van der Waals surface area contributed by atoms with E-state index in [1.54, 1.807) is 54.6 Å². The van der Waals surface area contributed by atoms with Crippen molar-refractivity contribution >= 4 is 490 Å². The highest BCUT2D eigenvalue weighted by Crippen LogP contribution is 2.50. The number of ether oxygens (including phenoxy) is 2. The molecule has 25 nitrogen and oxygen atoms in total. The van der Waals surface area contributed by atoms with E-state index in [0.29, 0.717) is 21.9 Å². The summed E-state index contributed by atoms with van der Waals surface area (Å²) in [6, 6.07) is 49.7. The first-order valence-corrected chi connectivity index (χ1v) is 62.4. The topological polar surface area (TPSA) is 413 Å². The van der Waals surface area contributed by atoms with Crippen molar-refractivity contribution in [3.05, 3.63) is 216 Å². The molecular weight excluding hydrogens is 3400 g/mol. The Hall–Kier alpha value is 2.96. The van der Waals surface area contributed by atoms with Gasteiger partial charge in [-0.2, -0.15) is 5.26 Å². The number of carboxylic acid groups (broad SMARTS) is 1. The van der Waals surface area contributed by atoms with Crippen molar-refractivity contribution in [1.29, 1.82) is 5.26 Å². The van der Waals surface area contributed by atoms with Crippen LogP contribution in [-0.4, -0.2) is 140 Å². The number of para-hydroxylation sites is 1. The van der Waals surface area contributed by atoms with Gasteiger partial charge >= 0.3 is 5.97 Å². The summed E-state index contributed by atoms with van der Waals surface area (Å²) in [5.74, 6) is -0.711. The molecule has 58 heteroatoms. The zero-order chi connectivity index (χ0) is 96.8. The number of aliphatic carboxylic acids is 1. The third-order valence-corrected chi connectivity index (χ3v) is 56.5. The normalized spacial score (nSPS) is 12.5. The van der Waals surface area contributed by atoms with Gasteiger partial charge in [0, 0.05) is 30.4 Å². The Morgan fingerprint density at radius 3 is 0.952 bits per heavy atom. The van der Waals surface area contributed by atoms with E-state index in [1.165, 1.54) is 146 Å². The number of carbonyl (C=O) groups is 2. The fourth-order valence-electron chi connectivity index (χ4n) is 7.34. The number of aryl methyl sites for hydroxylation is 1. The van der Waals surface area contributed by atoms with Gasteiger partial charge in [0.1, 0.15) is 28.8 Å². The number of hydrogen-bond acceptors (Lipinski definition) is 24. The number of halogens is 25. The Bertz CT molecular complexity index is 5880. The molecule has 688 valence electrons. The lowest BCUT2D eigenvalue weighted by Crippen LogP contribution is -2.18. The van der Waals surface area contributed by atoms with E-state index < -0.39 is 103 Å². The molecule has 3 N–H and O–H groups in total. The molecule has 0 spiro atoms. The number of nitrogens with zero attached hydrogens (tertiary/aromatic N) is 2.